The third-order valence-electron chi connectivity index (χ3n) is 3.77. The van der Waals surface area contributed by atoms with Gasteiger partial charge in [0.15, 0.2) is 17.5 Å². The number of ether oxygens (including phenoxy) is 1. The smallest absolute Gasteiger partial charge is 0.270 e. The number of nitrogens with zero attached hydrogens (tertiary/aromatic N) is 2. The third kappa shape index (κ3) is 4.86. The quantitative estimate of drug-likeness (QED) is 0.610. The number of amides is 1. The first kappa shape index (κ1) is 19.4. The summed E-state index contributed by atoms with van der Waals surface area (Å²) >= 11 is 0. The Morgan fingerprint density at radius 1 is 1.04 bits per heavy atom. The summed E-state index contributed by atoms with van der Waals surface area (Å²) in [5.74, 6) is -1.73. The molecule has 1 amide bonds. The minimum absolute atomic E-state index is 0.134. The fourth-order valence-electron chi connectivity index (χ4n) is 2.42. The van der Waals surface area contributed by atoms with Gasteiger partial charge in [0.2, 0.25) is 0 Å². The molecule has 0 fully saturated rings. The lowest BCUT2D eigenvalue weighted by Gasteiger charge is -2.11. The number of hydrogen-bond acceptors (Lipinski definition) is 5. The van der Waals surface area contributed by atoms with E-state index in [1.807, 2.05) is 30.3 Å². The second kappa shape index (κ2) is 9.01. The zero-order chi connectivity index (χ0) is 19.9. The Morgan fingerprint density at radius 2 is 1.82 bits per heavy atom. The summed E-state index contributed by atoms with van der Waals surface area (Å²) in [5, 5.41) is 5.58. The first-order valence-electron chi connectivity index (χ1n) is 8.50. The van der Waals surface area contributed by atoms with Gasteiger partial charge in [0, 0.05) is 37.0 Å². The van der Waals surface area contributed by atoms with Crippen molar-refractivity contribution < 1.29 is 18.3 Å². The molecule has 144 valence electrons. The standard InChI is InChI=1S/C20H18F2N4O2/c1-28-10-9-23-20(27)17-12-18(24-14-7-8-15(21)16(22)11-14)26-19(25-17)13-5-3-2-4-6-13/h2-8,11-12H,9-10H2,1H3,(H,23,27)(H,24,25,26). The first-order valence-corrected chi connectivity index (χ1v) is 8.50. The van der Waals surface area contributed by atoms with E-state index in [4.69, 9.17) is 4.74 Å². The fourth-order valence-corrected chi connectivity index (χ4v) is 2.42. The van der Waals surface area contributed by atoms with E-state index in [1.165, 1.54) is 19.2 Å². The van der Waals surface area contributed by atoms with Crippen LogP contribution in [0, 0.1) is 11.6 Å². The van der Waals surface area contributed by atoms with Gasteiger partial charge in [-0.2, -0.15) is 0 Å². The normalized spacial score (nSPS) is 10.5. The van der Waals surface area contributed by atoms with Crippen molar-refractivity contribution in [3.63, 3.8) is 0 Å². The number of halogens is 2. The molecule has 2 aromatic carbocycles. The Balaban J connectivity index is 1.94. The molecule has 3 aromatic rings. The molecule has 0 saturated heterocycles. The van der Waals surface area contributed by atoms with E-state index in [9.17, 15) is 13.6 Å². The van der Waals surface area contributed by atoms with Crippen LogP contribution in [0.15, 0.2) is 54.6 Å². The van der Waals surface area contributed by atoms with E-state index >= 15 is 0 Å². The predicted octanol–water partition coefficient (Wildman–Crippen LogP) is 3.54. The molecule has 0 unspecified atom stereocenters. The van der Waals surface area contributed by atoms with Gasteiger partial charge < -0.3 is 15.4 Å². The molecular weight excluding hydrogens is 366 g/mol. The largest absolute Gasteiger partial charge is 0.383 e. The molecule has 0 spiro atoms. The molecule has 8 heteroatoms. The minimum atomic E-state index is -0.986. The molecule has 0 saturated carbocycles. The van der Waals surface area contributed by atoms with E-state index < -0.39 is 17.5 Å². The molecule has 0 atom stereocenters. The van der Waals surface area contributed by atoms with Crippen LogP contribution in [0.2, 0.25) is 0 Å². The molecule has 0 aliphatic heterocycles. The summed E-state index contributed by atoms with van der Waals surface area (Å²) in [5.41, 5.74) is 1.14. The molecule has 3 rings (SSSR count). The Hall–Kier alpha value is -3.39. The lowest BCUT2D eigenvalue weighted by Crippen LogP contribution is -2.28. The summed E-state index contributed by atoms with van der Waals surface area (Å²) in [6.07, 6.45) is 0. The van der Waals surface area contributed by atoms with E-state index in [0.717, 1.165) is 12.1 Å². The average molecular weight is 384 g/mol. The molecule has 0 aliphatic rings. The van der Waals surface area contributed by atoms with Crippen LogP contribution < -0.4 is 10.6 Å². The monoisotopic (exact) mass is 384 g/mol. The second-order valence-electron chi connectivity index (χ2n) is 5.83. The van der Waals surface area contributed by atoms with Gasteiger partial charge in [-0.15, -0.1) is 0 Å². The van der Waals surface area contributed by atoms with Gasteiger partial charge in [0.1, 0.15) is 11.5 Å². The summed E-state index contributed by atoms with van der Waals surface area (Å²) in [4.78, 5) is 21.1. The van der Waals surface area contributed by atoms with Crippen molar-refractivity contribution >= 4 is 17.4 Å². The number of rotatable bonds is 7. The van der Waals surface area contributed by atoms with E-state index in [1.54, 1.807) is 0 Å². The van der Waals surface area contributed by atoms with Gasteiger partial charge in [0.05, 0.1) is 6.61 Å². The van der Waals surface area contributed by atoms with Crippen molar-refractivity contribution in [2.24, 2.45) is 0 Å². The van der Waals surface area contributed by atoms with Gasteiger partial charge in [-0.25, -0.2) is 18.7 Å². The lowest BCUT2D eigenvalue weighted by molar-refractivity contribution is 0.0932. The highest BCUT2D eigenvalue weighted by Crippen LogP contribution is 2.22. The summed E-state index contributed by atoms with van der Waals surface area (Å²) in [6.45, 7) is 0.689. The highest BCUT2D eigenvalue weighted by atomic mass is 19.2. The van der Waals surface area contributed by atoms with Crippen LogP contribution in [-0.2, 0) is 4.74 Å². The molecule has 28 heavy (non-hydrogen) atoms. The average Bonchev–Trinajstić information content (AvgIpc) is 2.71. The number of carbonyl (C=O) groups is 1. The van der Waals surface area contributed by atoms with Crippen LogP contribution in [0.1, 0.15) is 10.5 Å². The molecular formula is C20H18F2N4O2. The Labute approximate surface area is 160 Å². The van der Waals surface area contributed by atoms with Crippen molar-refractivity contribution in [1.82, 2.24) is 15.3 Å². The van der Waals surface area contributed by atoms with Gasteiger partial charge in [-0.1, -0.05) is 30.3 Å². The van der Waals surface area contributed by atoms with Crippen molar-refractivity contribution in [2.75, 3.05) is 25.6 Å². The number of carbonyl (C=O) groups excluding carboxylic acids is 1. The van der Waals surface area contributed by atoms with Crippen LogP contribution in [-0.4, -0.2) is 36.1 Å². The minimum Gasteiger partial charge on any atom is -0.383 e. The molecule has 1 heterocycles. The number of aromatic nitrogens is 2. The first-order chi connectivity index (χ1) is 13.6. The third-order valence-corrected chi connectivity index (χ3v) is 3.77. The Morgan fingerprint density at radius 3 is 2.54 bits per heavy atom. The molecule has 2 N–H and O–H groups in total. The predicted molar refractivity (Wildman–Crippen MR) is 101 cm³/mol. The molecule has 6 nitrogen and oxygen atoms in total. The molecule has 1 aromatic heterocycles. The maximum Gasteiger partial charge on any atom is 0.270 e. The second-order valence-corrected chi connectivity index (χ2v) is 5.83. The number of nitrogens with one attached hydrogen (secondary N) is 2. The van der Waals surface area contributed by atoms with E-state index in [2.05, 4.69) is 20.6 Å². The van der Waals surface area contributed by atoms with E-state index in [-0.39, 0.29) is 11.5 Å². The summed E-state index contributed by atoms with van der Waals surface area (Å²) in [6, 6.07) is 14.0. The van der Waals surface area contributed by atoms with Crippen molar-refractivity contribution in [1.29, 1.82) is 0 Å². The SMILES string of the molecule is COCCNC(=O)c1cc(Nc2ccc(F)c(F)c2)nc(-c2ccccc2)n1. The van der Waals surface area contributed by atoms with Crippen molar-refractivity contribution in [2.45, 2.75) is 0 Å². The Bertz CT molecular complexity index is 968. The van der Waals surface area contributed by atoms with Crippen LogP contribution in [0.4, 0.5) is 20.3 Å². The summed E-state index contributed by atoms with van der Waals surface area (Å²) in [7, 11) is 1.54. The number of methoxy groups -OCH3 is 1. The van der Waals surface area contributed by atoms with Crippen LogP contribution in [0.25, 0.3) is 11.4 Å². The zero-order valence-electron chi connectivity index (χ0n) is 15.1. The topological polar surface area (TPSA) is 76.1 Å². The van der Waals surface area contributed by atoms with Crippen molar-refractivity contribution in [3.05, 3.63) is 71.9 Å². The Kier molecular flexibility index (Phi) is 6.23. The number of benzene rings is 2. The maximum absolute atomic E-state index is 13.5. The van der Waals surface area contributed by atoms with Crippen molar-refractivity contribution in [3.8, 4) is 11.4 Å². The van der Waals surface area contributed by atoms with Gasteiger partial charge in [-0.3, -0.25) is 4.79 Å². The highest BCUT2D eigenvalue weighted by Gasteiger charge is 2.13. The summed E-state index contributed by atoms with van der Waals surface area (Å²) < 4.78 is 31.6. The lowest BCUT2D eigenvalue weighted by atomic mass is 10.2. The maximum atomic E-state index is 13.5. The molecule has 0 bridgehead atoms. The fraction of sp³-hybridized carbons (Fsp3) is 0.150. The molecule has 0 radical (unpaired) electrons. The highest BCUT2D eigenvalue weighted by molar-refractivity contribution is 5.93. The number of anilines is 2. The van der Waals surface area contributed by atoms with Gasteiger partial charge in [0.25, 0.3) is 5.91 Å². The van der Waals surface area contributed by atoms with Gasteiger partial charge >= 0.3 is 0 Å². The zero-order valence-corrected chi connectivity index (χ0v) is 15.1. The van der Waals surface area contributed by atoms with Crippen LogP contribution >= 0.6 is 0 Å². The number of hydrogen-bond donors (Lipinski definition) is 2. The van der Waals surface area contributed by atoms with E-state index in [0.29, 0.717) is 30.2 Å². The van der Waals surface area contributed by atoms with Crippen LogP contribution in [0.3, 0.4) is 0 Å². The van der Waals surface area contributed by atoms with Gasteiger partial charge in [-0.05, 0) is 12.1 Å². The van der Waals surface area contributed by atoms with Crippen LogP contribution in [0.5, 0.6) is 0 Å². The molecule has 0 aliphatic carbocycles.